The van der Waals surface area contributed by atoms with E-state index in [4.69, 9.17) is 10.2 Å². The Morgan fingerprint density at radius 2 is 1.76 bits per heavy atom. The standard InChI is InChI=1S/C18H34O3/c1-15(9-5-4-6-14-19)10-7-11-16(2)12-8-13-17(3)18(20)21/h11,15,17,19H,4-10,12-14H2,1-3H3,(H,20,21)/b16-11+. The summed E-state index contributed by atoms with van der Waals surface area (Å²) in [5.41, 5.74) is 1.39. The number of carbonyl (C=O) groups is 1. The van der Waals surface area contributed by atoms with Crippen LogP contribution in [0, 0.1) is 11.8 Å². The van der Waals surface area contributed by atoms with Gasteiger partial charge in [-0.25, -0.2) is 0 Å². The first-order chi connectivity index (χ1) is 9.97. The summed E-state index contributed by atoms with van der Waals surface area (Å²) in [5, 5.41) is 17.6. The van der Waals surface area contributed by atoms with Gasteiger partial charge in [-0.05, 0) is 51.4 Å². The van der Waals surface area contributed by atoms with Crippen molar-refractivity contribution in [2.24, 2.45) is 11.8 Å². The normalized spacial score (nSPS) is 15.0. The van der Waals surface area contributed by atoms with Crippen LogP contribution in [0.4, 0.5) is 0 Å². The van der Waals surface area contributed by atoms with E-state index < -0.39 is 5.97 Å². The van der Waals surface area contributed by atoms with Crippen molar-refractivity contribution in [1.82, 2.24) is 0 Å². The molecule has 3 heteroatoms. The largest absolute Gasteiger partial charge is 0.481 e. The van der Waals surface area contributed by atoms with Gasteiger partial charge in [0.1, 0.15) is 0 Å². The quantitative estimate of drug-likeness (QED) is 0.379. The number of carboxylic acids is 1. The Morgan fingerprint density at radius 1 is 1.05 bits per heavy atom. The lowest BCUT2D eigenvalue weighted by Crippen LogP contribution is -2.08. The van der Waals surface area contributed by atoms with Crippen LogP contribution in [0.1, 0.15) is 78.6 Å². The summed E-state index contributed by atoms with van der Waals surface area (Å²) in [7, 11) is 0. The van der Waals surface area contributed by atoms with E-state index in [0.29, 0.717) is 6.61 Å². The van der Waals surface area contributed by atoms with E-state index in [2.05, 4.69) is 19.9 Å². The summed E-state index contributed by atoms with van der Waals surface area (Å²) >= 11 is 0. The highest BCUT2D eigenvalue weighted by Crippen LogP contribution is 2.17. The van der Waals surface area contributed by atoms with E-state index in [1.165, 1.54) is 24.8 Å². The van der Waals surface area contributed by atoms with Gasteiger partial charge in [0, 0.05) is 6.61 Å². The molecule has 0 aromatic carbocycles. The summed E-state index contributed by atoms with van der Waals surface area (Å²) in [5.74, 6) is -0.164. The predicted molar refractivity (Wildman–Crippen MR) is 88.4 cm³/mol. The second-order valence-corrected chi connectivity index (χ2v) is 6.44. The molecule has 0 heterocycles. The van der Waals surface area contributed by atoms with Crippen LogP contribution in [0.5, 0.6) is 0 Å². The van der Waals surface area contributed by atoms with E-state index in [0.717, 1.165) is 44.4 Å². The highest BCUT2D eigenvalue weighted by Gasteiger charge is 2.09. The molecule has 0 aromatic rings. The fraction of sp³-hybridized carbons (Fsp3) is 0.833. The number of aliphatic hydroxyl groups excluding tert-OH is 1. The zero-order valence-electron chi connectivity index (χ0n) is 14.1. The maximum atomic E-state index is 10.7. The van der Waals surface area contributed by atoms with E-state index >= 15 is 0 Å². The summed E-state index contributed by atoms with van der Waals surface area (Å²) in [4.78, 5) is 10.7. The van der Waals surface area contributed by atoms with Crippen molar-refractivity contribution in [2.45, 2.75) is 78.6 Å². The van der Waals surface area contributed by atoms with Gasteiger partial charge in [-0.2, -0.15) is 0 Å². The van der Waals surface area contributed by atoms with Crippen LogP contribution >= 0.6 is 0 Å². The molecule has 124 valence electrons. The summed E-state index contributed by atoms with van der Waals surface area (Å²) < 4.78 is 0. The minimum absolute atomic E-state index is 0.225. The Balaban J connectivity index is 3.64. The Bertz CT molecular complexity index is 297. The minimum atomic E-state index is -0.688. The van der Waals surface area contributed by atoms with Crippen molar-refractivity contribution in [3.63, 3.8) is 0 Å². The van der Waals surface area contributed by atoms with Crippen molar-refractivity contribution < 1.29 is 15.0 Å². The molecule has 0 aliphatic heterocycles. The third-order valence-electron chi connectivity index (χ3n) is 4.14. The number of aliphatic hydroxyl groups is 1. The van der Waals surface area contributed by atoms with Crippen molar-refractivity contribution >= 4 is 5.97 Å². The van der Waals surface area contributed by atoms with Gasteiger partial charge in [-0.1, -0.05) is 44.8 Å². The molecule has 2 N–H and O–H groups in total. The smallest absolute Gasteiger partial charge is 0.306 e. The predicted octanol–water partition coefficient (Wildman–Crippen LogP) is 4.79. The lowest BCUT2D eigenvalue weighted by atomic mass is 9.96. The lowest BCUT2D eigenvalue weighted by Gasteiger charge is -2.10. The zero-order chi connectivity index (χ0) is 16.1. The molecule has 0 amide bonds. The molecule has 0 aliphatic rings. The fourth-order valence-corrected chi connectivity index (χ4v) is 2.45. The topological polar surface area (TPSA) is 57.5 Å². The number of aliphatic carboxylic acids is 1. The number of allylic oxidation sites excluding steroid dienone is 2. The van der Waals surface area contributed by atoms with E-state index in [1.54, 1.807) is 6.92 Å². The van der Waals surface area contributed by atoms with E-state index in [-0.39, 0.29) is 5.92 Å². The summed E-state index contributed by atoms with van der Waals surface area (Å²) in [6.45, 7) is 6.55. The van der Waals surface area contributed by atoms with Gasteiger partial charge in [-0.15, -0.1) is 0 Å². The summed E-state index contributed by atoms with van der Waals surface area (Å²) in [6, 6.07) is 0. The van der Waals surface area contributed by atoms with Crippen LogP contribution in [0.3, 0.4) is 0 Å². The van der Waals surface area contributed by atoms with Crippen molar-refractivity contribution in [3.8, 4) is 0 Å². The average Bonchev–Trinajstić information content (AvgIpc) is 2.43. The Labute approximate surface area is 130 Å². The molecule has 0 spiro atoms. The molecule has 0 saturated carbocycles. The van der Waals surface area contributed by atoms with Crippen LogP contribution in [0.25, 0.3) is 0 Å². The maximum Gasteiger partial charge on any atom is 0.306 e. The third-order valence-corrected chi connectivity index (χ3v) is 4.14. The molecule has 0 bridgehead atoms. The lowest BCUT2D eigenvalue weighted by molar-refractivity contribution is -0.141. The fourth-order valence-electron chi connectivity index (χ4n) is 2.45. The number of carboxylic acid groups (broad SMARTS) is 1. The van der Waals surface area contributed by atoms with Crippen molar-refractivity contribution in [1.29, 1.82) is 0 Å². The van der Waals surface area contributed by atoms with Crippen LogP contribution in [-0.4, -0.2) is 22.8 Å². The third kappa shape index (κ3) is 12.6. The van der Waals surface area contributed by atoms with Crippen LogP contribution in [-0.2, 0) is 4.79 Å². The Morgan fingerprint density at radius 3 is 2.38 bits per heavy atom. The van der Waals surface area contributed by atoms with Gasteiger partial charge in [0.15, 0.2) is 0 Å². The van der Waals surface area contributed by atoms with Gasteiger partial charge in [0.05, 0.1) is 5.92 Å². The average molecular weight is 298 g/mol. The van der Waals surface area contributed by atoms with Crippen LogP contribution in [0.15, 0.2) is 11.6 Å². The molecule has 2 unspecified atom stereocenters. The monoisotopic (exact) mass is 298 g/mol. The van der Waals surface area contributed by atoms with Gasteiger partial charge in [0.25, 0.3) is 0 Å². The molecule has 0 fully saturated rings. The van der Waals surface area contributed by atoms with E-state index in [1.807, 2.05) is 0 Å². The first-order valence-corrected chi connectivity index (χ1v) is 8.46. The van der Waals surface area contributed by atoms with E-state index in [9.17, 15) is 4.79 Å². The van der Waals surface area contributed by atoms with Gasteiger partial charge in [0.2, 0.25) is 0 Å². The molecule has 0 rings (SSSR count). The molecule has 0 radical (unpaired) electrons. The summed E-state index contributed by atoms with van der Waals surface area (Å²) in [6.07, 6.45) is 12.0. The number of rotatable bonds is 13. The molecular weight excluding hydrogens is 264 g/mol. The molecule has 0 aliphatic carbocycles. The molecule has 2 atom stereocenters. The van der Waals surface area contributed by atoms with Gasteiger partial charge >= 0.3 is 5.97 Å². The highest BCUT2D eigenvalue weighted by molar-refractivity contribution is 5.69. The molecule has 0 aromatic heterocycles. The number of hydrogen-bond donors (Lipinski definition) is 2. The SMILES string of the molecule is C/C(=C\CCC(C)CCCCCO)CCCC(C)C(=O)O. The Kier molecular flexibility index (Phi) is 12.4. The molecule has 3 nitrogen and oxygen atoms in total. The van der Waals surface area contributed by atoms with Crippen molar-refractivity contribution in [2.75, 3.05) is 6.61 Å². The molecular formula is C18H34O3. The first kappa shape index (κ1) is 20.2. The maximum absolute atomic E-state index is 10.7. The second kappa shape index (κ2) is 12.9. The number of hydrogen-bond acceptors (Lipinski definition) is 2. The van der Waals surface area contributed by atoms with Crippen LogP contribution < -0.4 is 0 Å². The molecule has 21 heavy (non-hydrogen) atoms. The van der Waals surface area contributed by atoms with Crippen molar-refractivity contribution in [3.05, 3.63) is 11.6 Å². The Hall–Kier alpha value is -0.830. The first-order valence-electron chi connectivity index (χ1n) is 8.46. The zero-order valence-corrected chi connectivity index (χ0v) is 14.1. The molecule has 0 saturated heterocycles. The number of unbranched alkanes of at least 4 members (excludes halogenated alkanes) is 2. The van der Waals surface area contributed by atoms with Crippen LogP contribution in [0.2, 0.25) is 0 Å². The minimum Gasteiger partial charge on any atom is -0.481 e. The van der Waals surface area contributed by atoms with Gasteiger partial charge < -0.3 is 10.2 Å². The second-order valence-electron chi connectivity index (χ2n) is 6.44. The van der Waals surface area contributed by atoms with Gasteiger partial charge in [-0.3, -0.25) is 4.79 Å². The highest BCUT2D eigenvalue weighted by atomic mass is 16.4.